The Hall–Kier alpha value is -0.380. The molecule has 94 valence electrons. The van der Waals surface area contributed by atoms with Crippen molar-refractivity contribution in [1.29, 1.82) is 0 Å². The lowest BCUT2D eigenvalue weighted by atomic mass is 10.1. The van der Waals surface area contributed by atoms with Gasteiger partial charge in [0.15, 0.2) is 0 Å². The van der Waals surface area contributed by atoms with Crippen molar-refractivity contribution in [2.45, 2.75) is 32.7 Å². The summed E-state index contributed by atoms with van der Waals surface area (Å²) >= 11 is 9.40. The van der Waals surface area contributed by atoms with Crippen LogP contribution in [0.5, 0.6) is 0 Å². The molecule has 0 aliphatic rings. The lowest BCUT2D eigenvalue weighted by molar-refractivity contribution is -0.118. The number of hydrogen-bond donors (Lipinski definition) is 1. The lowest BCUT2D eigenvalue weighted by Gasteiger charge is -2.08. The average Bonchev–Trinajstić information content (AvgIpc) is 2.21. The van der Waals surface area contributed by atoms with Gasteiger partial charge in [0.2, 0.25) is 0 Å². The van der Waals surface area contributed by atoms with Crippen LogP contribution < -0.4 is 5.32 Å². The number of halogens is 2. The topological polar surface area (TPSA) is 29.1 Å². The van der Waals surface area contributed by atoms with Crippen LogP contribution in [0.3, 0.4) is 0 Å². The first-order chi connectivity index (χ1) is 7.99. The molecular weight excluding hydrogens is 302 g/mol. The van der Waals surface area contributed by atoms with Gasteiger partial charge in [-0.05, 0) is 17.7 Å². The normalized spacial score (nSPS) is 10.9. The molecule has 0 bridgehead atoms. The van der Waals surface area contributed by atoms with Crippen LogP contribution in [0.2, 0.25) is 5.02 Å². The summed E-state index contributed by atoms with van der Waals surface area (Å²) < 4.78 is 0.931. The molecule has 2 nitrogen and oxygen atoms in total. The third kappa shape index (κ3) is 5.66. The fourth-order valence-corrected chi connectivity index (χ4v) is 2.21. The Morgan fingerprint density at radius 1 is 1.47 bits per heavy atom. The first kappa shape index (κ1) is 14.7. The fourth-order valence-electron chi connectivity index (χ4n) is 1.47. The summed E-state index contributed by atoms with van der Waals surface area (Å²) in [5.41, 5.74) is 0.893. The number of nitrogens with one attached hydrogen (secondary N) is 1. The van der Waals surface area contributed by atoms with Crippen molar-refractivity contribution in [3.05, 3.63) is 33.3 Å². The van der Waals surface area contributed by atoms with Gasteiger partial charge in [0, 0.05) is 34.9 Å². The Kier molecular flexibility index (Phi) is 6.17. The minimum Gasteiger partial charge on any atom is -0.314 e. The minimum absolute atomic E-state index is 0.211. The van der Waals surface area contributed by atoms with E-state index in [-0.39, 0.29) is 5.78 Å². The number of Topliss-reactive ketones (excluding diaryl/α,β-unsaturated/α-hetero) is 1. The van der Waals surface area contributed by atoms with Crippen molar-refractivity contribution in [1.82, 2.24) is 5.32 Å². The summed E-state index contributed by atoms with van der Waals surface area (Å²) in [7, 11) is 0. The summed E-state index contributed by atoms with van der Waals surface area (Å²) in [6, 6.07) is 6.02. The Bertz CT molecular complexity index is 393. The van der Waals surface area contributed by atoms with Crippen molar-refractivity contribution in [2.75, 3.05) is 6.54 Å². The van der Waals surface area contributed by atoms with Crippen molar-refractivity contribution >= 4 is 33.3 Å². The van der Waals surface area contributed by atoms with Crippen molar-refractivity contribution in [2.24, 2.45) is 0 Å². The summed E-state index contributed by atoms with van der Waals surface area (Å²) in [5.74, 6) is 0.211. The molecule has 1 rings (SSSR count). The van der Waals surface area contributed by atoms with Crippen LogP contribution in [-0.4, -0.2) is 18.4 Å². The first-order valence-corrected chi connectivity index (χ1v) is 6.85. The molecule has 0 unspecified atom stereocenters. The maximum absolute atomic E-state index is 11.7. The van der Waals surface area contributed by atoms with Gasteiger partial charge < -0.3 is 5.32 Å². The summed E-state index contributed by atoms with van der Waals surface area (Å²) in [6.45, 7) is 4.86. The summed E-state index contributed by atoms with van der Waals surface area (Å²) in [4.78, 5) is 11.7. The number of ketones is 1. The van der Waals surface area contributed by atoms with Crippen molar-refractivity contribution < 1.29 is 4.79 Å². The number of rotatable bonds is 6. The number of carbonyl (C=O) groups is 1. The number of carbonyl (C=O) groups excluding carboxylic acids is 1. The zero-order valence-corrected chi connectivity index (χ0v) is 12.4. The van der Waals surface area contributed by atoms with Crippen molar-refractivity contribution in [3.8, 4) is 0 Å². The quantitative estimate of drug-likeness (QED) is 0.868. The molecule has 0 saturated heterocycles. The zero-order valence-electron chi connectivity index (χ0n) is 10.1. The van der Waals surface area contributed by atoms with E-state index in [2.05, 4.69) is 35.1 Å². The zero-order chi connectivity index (χ0) is 12.8. The van der Waals surface area contributed by atoms with Gasteiger partial charge in [0.05, 0.1) is 0 Å². The maximum Gasteiger partial charge on any atom is 0.138 e. The highest BCUT2D eigenvalue weighted by Gasteiger charge is 2.07. The lowest BCUT2D eigenvalue weighted by Crippen LogP contribution is -2.25. The van der Waals surface area contributed by atoms with E-state index in [1.807, 2.05) is 18.2 Å². The smallest absolute Gasteiger partial charge is 0.138 e. The van der Waals surface area contributed by atoms with Crippen LogP contribution >= 0.6 is 27.5 Å². The maximum atomic E-state index is 11.7. The summed E-state index contributed by atoms with van der Waals surface area (Å²) in [6.07, 6.45) is 0.955. The molecule has 17 heavy (non-hydrogen) atoms. The molecule has 0 atom stereocenters. The van der Waals surface area contributed by atoms with Crippen molar-refractivity contribution in [3.63, 3.8) is 0 Å². The molecule has 0 aliphatic carbocycles. The molecule has 1 N–H and O–H groups in total. The SMILES string of the molecule is CC(C)NCCC(=O)Cc1ccc(Br)cc1Cl. The fraction of sp³-hybridized carbons (Fsp3) is 0.462. The van der Waals surface area contributed by atoms with E-state index in [4.69, 9.17) is 11.6 Å². The van der Waals surface area contributed by atoms with E-state index in [0.29, 0.717) is 23.9 Å². The van der Waals surface area contributed by atoms with E-state index >= 15 is 0 Å². The third-order valence-electron chi connectivity index (χ3n) is 2.36. The first-order valence-electron chi connectivity index (χ1n) is 5.68. The molecule has 0 spiro atoms. The second-order valence-electron chi connectivity index (χ2n) is 4.31. The van der Waals surface area contributed by atoms with Gasteiger partial charge >= 0.3 is 0 Å². The van der Waals surface area contributed by atoms with Gasteiger partial charge in [-0.15, -0.1) is 0 Å². The second kappa shape index (κ2) is 7.14. The highest BCUT2D eigenvalue weighted by molar-refractivity contribution is 9.10. The molecule has 1 aromatic rings. The molecule has 0 fully saturated rings. The predicted molar refractivity (Wildman–Crippen MR) is 75.6 cm³/mol. The Morgan fingerprint density at radius 3 is 2.76 bits per heavy atom. The van der Waals surface area contributed by atoms with Gasteiger partial charge in [0.1, 0.15) is 5.78 Å². The van der Waals surface area contributed by atoms with E-state index in [9.17, 15) is 4.79 Å². The van der Waals surface area contributed by atoms with Crippen LogP contribution in [0.15, 0.2) is 22.7 Å². The van der Waals surface area contributed by atoms with Gasteiger partial charge in [-0.1, -0.05) is 47.4 Å². The second-order valence-corrected chi connectivity index (χ2v) is 5.63. The molecule has 0 saturated carbocycles. The van der Waals surface area contributed by atoms with Gasteiger partial charge in [0.25, 0.3) is 0 Å². The van der Waals surface area contributed by atoms with E-state index in [1.165, 1.54) is 0 Å². The minimum atomic E-state index is 0.211. The summed E-state index contributed by atoms with van der Waals surface area (Å²) in [5, 5.41) is 3.87. The van der Waals surface area contributed by atoms with Crippen LogP contribution in [0.25, 0.3) is 0 Å². The average molecular weight is 319 g/mol. The Balaban J connectivity index is 2.45. The molecular formula is C13H17BrClNO. The van der Waals surface area contributed by atoms with E-state index in [1.54, 1.807) is 0 Å². The standard InChI is InChI=1S/C13H17BrClNO/c1-9(2)16-6-5-12(17)7-10-3-4-11(14)8-13(10)15/h3-4,8-9,16H,5-7H2,1-2H3. The molecule has 4 heteroatoms. The largest absolute Gasteiger partial charge is 0.314 e. The van der Waals surface area contributed by atoms with Crippen LogP contribution in [0.1, 0.15) is 25.8 Å². The van der Waals surface area contributed by atoms with Gasteiger partial charge in [-0.25, -0.2) is 0 Å². The van der Waals surface area contributed by atoms with E-state index < -0.39 is 0 Å². The van der Waals surface area contributed by atoms with Crippen LogP contribution in [0, 0.1) is 0 Å². The molecule has 1 aromatic carbocycles. The predicted octanol–water partition coefficient (Wildman–Crippen LogP) is 3.60. The molecule has 0 aliphatic heterocycles. The highest BCUT2D eigenvalue weighted by Crippen LogP contribution is 2.22. The molecule has 0 amide bonds. The van der Waals surface area contributed by atoms with Crippen LogP contribution in [-0.2, 0) is 11.2 Å². The number of benzene rings is 1. The van der Waals surface area contributed by atoms with Gasteiger partial charge in [-0.3, -0.25) is 4.79 Å². The van der Waals surface area contributed by atoms with Gasteiger partial charge in [-0.2, -0.15) is 0 Å². The Labute approximate surface area is 116 Å². The molecule has 0 aromatic heterocycles. The Morgan fingerprint density at radius 2 is 2.18 bits per heavy atom. The van der Waals surface area contributed by atoms with E-state index in [0.717, 1.165) is 16.6 Å². The monoisotopic (exact) mass is 317 g/mol. The highest BCUT2D eigenvalue weighted by atomic mass is 79.9. The molecule has 0 radical (unpaired) electrons. The van der Waals surface area contributed by atoms with Crippen LogP contribution in [0.4, 0.5) is 0 Å². The third-order valence-corrected chi connectivity index (χ3v) is 3.20. The number of hydrogen-bond acceptors (Lipinski definition) is 2. The molecule has 0 heterocycles.